The number of aryl methyl sites for hydroxylation is 3. The van der Waals surface area contributed by atoms with Crippen LogP contribution in [0.5, 0.6) is 0 Å². The topological polar surface area (TPSA) is 59.8 Å². The van der Waals surface area contributed by atoms with Crippen LogP contribution in [0.1, 0.15) is 50.8 Å². The lowest BCUT2D eigenvalue weighted by Crippen LogP contribution is -2.26. The molecule has 5 nitrogen and oxygen atoms in total. The lowest BCUT2D eigenvalue weighted by Gasteiger charge is -2.09. The fourth-order valence-electron chi connectivity index (χ4n) is 2.62. The molecular weight excluding hydrogens is 284 g/mol. The van der Waals surface area contributed by atoms with Crippen molar-refractivity contribution in [3.63, 3.8) is 0 Å². The van der Waals surface area contributed by atoms with Crippen molar-refractivity contribution < 1.29 is 4.79 Å². The van der Waals surface area contributed by atoms with E-state index in [9.17, 15) is 4.79 Å². The molecule has 112 valence electrons. The van der Waals surface area contributed by atoms with E-state index < -0.39 is 0 Å². The molecule has 1 amide bonds. The molecule has 1 fully saturated rings. The molecule has 21 heavy (non-hydrogen) atoms. The first-order valence-corrected chi connectivity index (χ1v) is 8.13. The minimum atomic E-state index is -0.0284. The van der Waals surface area contributed by atoms with Crippen LogP contribution in [0.25, 0.3) is 0 Å². The van der Waals surface area contributed by atoms with Crippen molar-refractivity contribution in [2.75, 3.05) is 6.54 Å². The van der Waals surface area contributed by atoms with Gasteiger partial charge in [0.15, 0.2) is 0 Å². The fourth-order valence-corrected chi connectivity index (χ4v) is 3.46. The van der Waals surface area contributed by atoms with Crippen LogP contribution >= 0.6 is 11.3 Å². The van der Waals surface area contributed by atoms with Crippen LogP contribution in [0.3, 0.4) is 0 Å². The molecule has 0 saturated heterocycles. The predicted molar refractivity (Wildman–Crippen MR) is 82.9 cm³/mol. The summed E-state index contributed by atoms with van der Waals surface area (Å²) in [5.41, 5.74) is 2.03. The lowest BCUT2D eigenvalue weighted by atomic mass is 10.3. The Balaban J connectivity index is 1.59. The third-order valence-electron chi connectivity index (χ3n) is 3.71. The van der Waals surface area contributed by atoms with Gasteiger partial charge in [0.05, 0.1) is 10.7 Å². The minimum absolute atomic E-state index is 0.0284. The second kappa shape index (κ2) is 5.60. The number of nitrogens with zero attached hydrogens (tertiary/aromatic N) is 3. The van der Waals surface area contributed by atoms with Gasteiger partial charge in [-0.3, -0.25) is 4.79 Å². The zero-order valence-corrected chi connectivity index (χ0v) is 13.5. The van der Waals surface area contributed by atoms with Gasteiger partial charge in [-0.2, -0.15) is 0 Å². The van der Waals surface area contributed by atoms with E-state index in [0.29, 0.717) is 17.5 Å². The number of rotatable bonds is 5. The molecule has 6 heteroatoms. The van der Waals surface area contributed by atoms with E-state index in [0.717, 1.165) is 22.9 Å². The van der Waals surface area contributed by atoms with Gasteiger partial charge in [0.25, 0.3) is 5.91 Å². The van der Waals surface area contributed by atoms with Crippen LogP contribution in [0.15, 0.2) is 6.20 Å². The second-order valence-corrected chi connectivity index (χ2v) is 6.77. The number of hydrogen-bond acceptors (Lipinski definition) is 4. The van der Waals surface area contributed by atoms with E-state index in [-0.39, 0.29) is 5.91 Å². The van der Waals surface area contributed by atoms with Gasteiger partial charge in [0.1, 0.15) is 10.7 Å². The molecule has 0 aromatic carbocycles. The fraction of sp³-hybridized carbons (Fsp3) is 0.533. The van der Waals surface area contributed by atoms with Crippen LogP contribution in [0, 0.1) is 20.8 Å². The molecule has 0 spiro atoms. The zero-order chi connectivity index (χ0) is 15.0. The van der Waals surface area contributed by atoms with E-state index in [4.69, 9.17) is 0 Å². The average Bonchev–Trinajstić information content (AvgIpc) is 3.12. The van der Waals surface area contributed by atoms with Crippen molar-refractivity contribution in [3.8, 4) is 0 Å². The highest BCUT2D eigenvalue weighted by molar-refractivity contribution is 7.13. The smallest absolute Gasteiger partial charge is 0.263 e. The molecule has 0 atom stereocenters. The first kappa shape index (κ1) is 14.3. The minimum Gasteiger partial charge on any atom is -0.351 e. The highest BCUT2D eigenvalue weighted by Gasteiger charge is 2.27. The predicted octanol–water partition coefficient (Wildman–Crippen LogP) is 2.57. The standard InChI is InChI=1S/C15H20N4OS/c1-9-8-17-13(19(9)12-4-5-12)6-7-16-15(20)14-10(2)18-11(3)21-14/h8,12H,4-7H2,1-3H3,(H,16,20). The van der Waals surface area contributed by atoms with E-state index in [1.165, 1.54) is 29.9 Å². The maximum atomic E-state index is 12.1. The molecule has 0 bridgehead atoms. The molecular formula is C15H20N4OS. The first-order chi connectivity index (χ1) is 10.1. The van der Waals surface area contributed by atoms with Crippen molar-refractivity contribution in [3.05, 3.63) is 33.3 Å². The summed E-state index contributed by atoms with van der Waals surface area (Å²) in [5, 5.41) is 3.90. The van der Waals surface area contributed by atoms with Gasteiger partial charge in [-0.1, -0.05) is 0 Å². The van der Waals surface area contributed by atoms with Crippen molar-refractivity contribution in [1.82, 2.24) is 19.9 Å². The molecule has 3 rings (SSSR count). The van der Waals surface area contributed by atoms with Crippen LogP contribution in [-0.4, -0.2) is 27.0 Å². The normalized spacial score (nSPS) is 14.4. The van der Waals surface area contributed by atoms with Gasteiger partial charge in [0, 0.05) is 30.9 Å². The maximum Gasteiger partial charge on any atom is 0.263 e. The number of carbonyl (C=O) groups is 1. The summed E-state index contributed by atoms with van der Waals surface area (Å²) in [5.74, 6) is 1.05. The lowest BCUT2D eigenvalue weighted by molar-refractivity contribution is 0.0957. The van der Waals surface area contributed by atoms with E-state index >= 15 is 0 Å². The molecule has 1 aliphatic rings. The third kappa shape index (κ3) is 3.00. The van der Waals surface area contributed by atoms with Crippen molar-refractivity contribution in [2.45, 2.75) is 46.1 Å². The van der Waals surface area contributed by atoms with E-state index in [2.05, 4.69) is 26.8 Å². The number of aromatic nitrogens is 3. The molecule has 2 heterocycles. The SMILES string of the molecule is Cc1nc(C)c(C(=O)NCCc2ncc(C)n2C2CC2)s1. The van der Waals surface area contributed by atoms with Crippen LogP contribution in [0.2, 0.25) is 0 Å². The Morgan fingerprint density at radius 2 is 2.19 bits per heavy atom. The molecule has 0 unspecified atom stereocenters. The summed E-state index contributed by atoms with van der Waals surface area (Å²) >= 11 is 1.45. The van der Waals surface area contributed by atoms with Crippen LogP contribution in [0.4, 0.5) is 0 Å². The largest absolute Gasteiger partial charge is 0.351 e. The number of thiazole rings is 1. The molecule has 1 aliphatic carbocycles. The molecule has 1 saturated carbocycles. The van der Waals surface area contributed by atoms with Gasteiger partial charge in [-0.05, 0) is 33.6 Å². The number of hydrogen-bond donors (Lipinski definition) is 1. The molecule has 0 aliphatic heterocycles. The molecule has 2 aromatic rings. The summed E-state index contributed by atoms with van der Waals surface area (Å²) in [6, 6.07) is 0.629. The Labute approximate surface area is 128 Å². The van der Waals surface area contributed by atoms with Gasteiger partial charge in [-0.15, -0.1) is 11.3 Å². The van der Waals surface area contributed by atoms with Crippen LogP contribution < -0.4 is 5.32 Å². The van der Waals surface area contributed by atoms with Crippen LogP contribution in [-0.2, 0) is 6.42 Å². The summed E-state index contributed by atoms with van der Waals surface area (Å²) in [7, 11) is 0. The second-order valence-electron chi connectivity index (χ2n) is 5.57. The summed E-state index contributed by atoms with van der Waals surface area (Å²) in [4.78, 5) is 21.6. The zero-order valence-electron chi connectivity index (χ0n) is 12.6. The molecule has 0 radical (unpaired) electrons. The Hall–Kier alpha value is -1.69. The number of carbonyl (C=O) groups excluding carboxylic acids is 1. The average molecular weight is 304 g/mol. The first-order valence-electron chi connectivity index (χ1n) is 7.31. The summed E-state index contributed by atoms with van der Waals surface area (Å²) < 4.78 is 2.31. The Morgan fingerprint density at radius 3 is 2.81 bits per heavy atom. The van der Waals surface area contributed by atoms with Gasteiger partial charge in [-0.25, -0.2) is 9.97 Å². The van der Waals surface area contributed by atoms with Gasteiger partial charge < -0.3 is 9.88 Å². The number of imidazole rings is 1. The maximum absolute atomic E-state index is 12.1. The van der Waals surface area contributed by atoms with Gasteiger partial charge >= 0.3 is 0 Å². The molecule has 2 aromatic heterocycles. The number of amides is 1. The van der Waals surface area contributed by atoms with E-state index in [1.54, 1.807) is 0 Å². The highest BCUT2D eigenvalue weighted by atomic mass is 32.1. The monoisotopic (exact) mass is 304 g/mol. The van der Waals surface area contributed by atoms with Crippen molar-refractivity contribution in [1.29, 1.82) is 0 Å². The summed E-state index contributed by atoms with van der Waals surface area (Å²) in [6.07, 6.45) is 5.19. The molecule has 1 N–H and O–H groups in total. The summed E-state index contributed by atoms with van der Waals surface area (Å²) in [6.45, 7) is 6.50. The Bertz CT molecular complexity index is 669. The van der Waals surface area contributed by atoms with Crippen molar-refractivity contribution in [2.24, 2.45) is 0 Å². The quantitative estimate of drug-likeness (QED) is 0.923. The Morgan fingerprint density at radius 1 is 1.43 bits per heavy atom. The third-order valence-corrected chi connectivity index (χ3v) is 4.79. The highest BCUT2D eigenvalue weighted by Crippen LogP contribution is 2.36. The Kier molecular flexibility index (Phi) is 3.80. The van der Waals surface area contributed by atoms with Crippen molar-refractivity contribution >= 4 is 17.2 Å². The van der Waals surface area contributed by atoms with E-state index in [1.807, 2.05) is 20.0 Å². The van der Waals surface area contributed by atoms with Gasteiger partial charge in [0.2, 0.25) is 0 Å². The number of nitrogens with one attached hydrogen (secondary N) is 1.